The summed E-state index contributed by atoms with van der Waals surface area (Å²) in [4.78, 5) is 5.23. The third kappa shape index (κ3) is 4.68. The summed E-state index contributed by atoms with van der Waals surface area (Å²) in [5.74, 6) is 0. The Morgan fingerprint density at radius 1 is 0.294 bits per heavy atom. The zero-order valence-corrected chi connectivity index (χ0v) is 39.7. The van der Waals surface area contributed by atoms with Crippen molar-refractivity contribution >= 4 is 66.6 Å². The van der Waals surface area contributed by atoms with Crippen molar-refractivity contribution in [3.05, 3.63) is 260 Å². The zero-order valence-electron chi connectivity index (χ0n) is 38.1. The standard InChI is InChI=1S/C64H44O2S2/c1-61(2)43-19-7-11-23-47(43)63(48-24-12-8-20-44(48)61)51-35-57(37-29-31-41-39-17-5-15-27-53(39)65-55(41)33-37)68-60(51)64(49-25-13-9-21-45(49)62(3,4)46-22-10-14-26-50(46)64)52-36-58(67-59(52)63)38-30-32-42-40-18-6-16-28-54(40)66-56(42)34-38/h5-36H,1-4H3. The van der Waals surface area contributed by atoms with Gasteiger partial charge >= 0.3 is 0 Å². The highest BCUT2D eigenvalue weighted by Crippen LogP contribution is 2.70. The van der Waals surface area contributed by atoms with Crippen LogP contribution in [-0.2, 0) is 21.7 Å². The van der Waals surface area contributed by atoms with Crippen LogP contribution in [0.15, 0.2) is 203 Å². The second-order valence-electron chi connectivity index (χ2n) is 20.3. The van der Waals surface area contributed by atoms with Crippen molar-refractivity contribution in [3.63, 3.8) is 0 Å². The summed E-state index contributed by atoms with van der Waals surface area (Å²) in [5, 5.41) is 4.58. The van der Waals surface area contributed by atoms with Crippen LogP contribution in [0.1, 0.15) is 93.1 Å². The molecule has 0 bridgehead atoms. The minimum absolute atomic E-state index is 0.237. The van der Waals surface area contributed by atoms with E-state index < -0.39 is 10.8 Å². The lowest BCUT2D eigenvalue weighted by Crippen LogP contribution is -2.50. The molecule has 15 rings (SSSR count). The number of benzene rings is 8. The molecule has 8 aromatic carbocycles. The Kier molecular flexibility index (Phi) is 7.57. The molecule has 0 saturated heterocycles. The predicted octanol–water partition coefficient (Wildman–Crippen LogP) is 17.3. The molecule has 4 heteroatoms. The molecule has 3 aliphatic rings. The van der Waals surface area contributed by atoms with Gasteiger partial charge in [0.05, 0.1) is 10.8 Å². The summed E-state index contributed by atoms with van der Waals surface area (Å²) < 4.78 is 13.2. The lowest BCUT2D eigenvalue weighted by atomic mass is 9.48. The number of thiophene rings is 2. The lowest BCUT2D eigenvalue weighted by molar-refractivity contribution is 0.522. The van der Waals surface area contributed by atoms with E-state index in [2.05, 4.69) is 222 Å². The van der Waals surface area contributed by atoms with E-state index in [1.807, 2.05) is 22.7 Å². The Labute approximate surface area is 402 Å². The number of hydrogen-bond donors (Lipinski definition) is 0. The van der Waals surface area contributed by atoms with Crippen LogP contribution in [0.3, 0.4) is 0 Å². The molecular formula is C64H44O2S2. The summed E-state index contributed by atoms with van der Waals surface area (Å²) >= 11 is 3.95. The van der Waals surface area contributed by atoms with Gasteiger partial charge in [-0.3, -0.25) is 0 Å². The Morgan fingerprint density at radius 2 is 0.603 bits per heavy atom. The molecule has 0 fully saturated rings. The molecule has 68 heavy (non-hydrogen) atoms. The molecule has 0 atom stereocenters. The molecule has 0 N–H and O–H groups in total. The SMILES string of the molecule is CC1(C)c2ccccc2C2(c3ccccc31)c1cc(-c3ccc4c(c3)oc3ccccc34)sc1C1(c3ccccc3C(C)(C)c3ccccc31)c1cc(-c3ccc4c(c3)oc3ccccc34)sc12. The van der Waals surface area contributed by atoms with Crippen molar-refractivity contribution < 1.29 is 8.83 Å². The first-order valence-corrected chi connectivity index (χ1v) is 25.4. The minimum atomic E-state index is -0.639. The van der Waals surface area contributed by atoms with Crippen molar-refractivity contribution in [1.82, 2.24) is 0 Å². The Hall–Kier alpha value is -7.24. The van der Waals surface area contributed by atoms with Crippen LogP contribution < -0.4 is 0 Å². The van der Waals surface area contributed by atoms with E-state index in [1.165, 1.54) is 86.3 Å². The lowest BCUT2D eigenvalue weighted by Gasteiger charge is -2.55. The Bertz CT molecular complexity index is 3710. The van der Waals surface area contributed by atoms with Crippen molar-refractivity contribution in [2.45, 2.75) is 49.4 Å². The topological polar surface area (TPSA) is 26.3 Å². The van der Waals surface area contributed by atoms with Gasteiger partial charge in [-0.15, -0.1) is 22.7 Å². The largest absolute Gasteiger partial charge is 0.456 e. The smallest absolute Gasteiger partial charge is 0.136 e. The van der Waals surface area contributed by atoms with Gasteiger partial charge in [0.15, 0.2) is 0 Å². The van der Waals surface area contributed by atoms with Gasteiger partial charge in [0.1, 0.15) is 22.3 Å². The van der Waals surface area contributed by atoms with E-state index in [9.17, 15) is 0 Å². The summed E-state index contributed by atoms with van der Waals surface area (Å²) in [5.41, 5.74) is 17.9. The van der Waals surface area contributed by atoms with Crippen LogP contribution in [0.4, 0.5) is 0 Å². The molecule has 12 aromatic rings. The molecule has 2 spiro atoms. The number of hydrogen-bond acceptors (Lipinski definition) is 4. The van der Waals surface area contributed by atoms with Crippen molar-refractivity contribution in [2.75, 3.05) is 0 Å². The summed E-state index contributed by atoms with van der Waals surface area (Å²) in [6.07, 6.45) is 0. The van der Waals surface area contributed by atoms with Crippen LogP contribution in [0.25, 0.3) is 64.8 Å². The molecular weight excluding hydrogens is 865 g/mol. The normalized spacial score (nSPS) is 16.4. The molecule has 0 unspecified atom stereocenters. The fourth-order valence-corrected chi connectivity index (χ4v) is 16.1. The quantitative estimate of drug-likeness (QED) is 0.173. The highest BCUT2D eigenvalue weighted by Gasteiger charge is 2.62. The van der Waals surface area contributed by atoms with E-state index in [0.717, 1.165) is 43.9 Å². The first kappa shape index (κ1) is 38.8. The van der Waals surface area contributed by atoms with Crippen molar-refractivity contribution in [1.29, 1.82) is 0 Å². The second kappa shape index (κ2) is 13.3. The number of fused-ring (bicyclic) bond motifs is 20. The number of rotatable bonds is 2. The van der Waals surface area contributed by atoms with Crippen molar-refractivity contribution in [2.24, 2.45) is 0 Å². The third-order valence-electron chi connectivity index (χ3n) is 16.3. The molecule has 3 aliphatic carbocycles. The Balaban J connectivity index is 1.12. The fourth-order valence-electron chi connectivity index (χ4n) is 13.3. The van der Waals surface area contributed by atoms with Gasteiger partial charge in [0, 0.05) is 51.9 Å². The van der Waals surface area contributed by atoms with Crippen LogP contribution in [-0.4, -0.2) is 0 Å². The average Bonchev–Trinajstić information content (AvgIpc) is 4.19. The molecule has 0 saturated carbocycles. The maximum Gasteiger partial charge on any atom is 0.136 e. The van der Waals surface area contributed by atoms with Gasteiger partial charge in [-0.25, -0.2) is 0 Å². The van der Waals surface area contributed by atoms with Crippen LogP contribution >= 0.6 is 22.7 Å². The van der Waals surface area contributed by atoms with Crippen LogP contribution in [0.2, 0.25) is 0 Å². The molecule has 2 nitrogen and oxygen atoms in total. The highest BCUT2D eigenvalue weighted by molar-refractivity contribution is 7.17. The van der Waals surface area contributed by atoms with Gasteiger partial charge in [0.25, 0.3) is 0 Å². The molecule has 4 heterocycles. The first-order chi connectivity index (χ1) is 33.2. The number of furan rings is 2. The molecule has 0 aliphatic heterocycles. The first-order valence-electron chi connectivity index (χ1n) is 23.7. The fraction of sp³-hybridized carbons (Fsp3) is 0.125. The number of para-hydroxylation sites is 2. The maximum atomic E-state index is 6.60. The average molecular weight is 909 g/mol. The third-order valence-corrected chi connectivity index (χ3v) is 18.9. The van der Waals surface area contributed by atoms with E-state index >= 15 is 0 Å². The molecule has 0 radical (unpaired) electrons. The highest BCUT2D eigenvalue weighted by atomic mass is 32.1. The van der Waals surface area contributed by atoms with Gasteiger partial charge in [-0.1, -0.05) is 173 Å². The molecule has 324 valence electrons. The van der Waals surface area contributed by atoms with Crippen LogP contribution in [0.5, 0.6) is 0 Å². The second-order valence-corrected chi connectivity index (χ2v) is 22.4. The maximum absolute atomic E-state index is 6.60. The Morgan fingerprint density at radius 3 is 0.971 bits per heavy atom. The van der Waals surface area contributed by atoms with E-state index in [0.29, 0.717) is 0 Å². The summed E-state index contributed by atoms with van der Waals surface area (Å²) in [6, 6.07) is 73.2. The van der Waals surface area contributed by atoms with Crippen molar-refractivity contribution in [3.8, 4) is 20.9 Å². The van der Waals surface area contributed by atoms with Crippen LogP contribution in [0, 0.1) is 0 Å². The van der Waals surface area contributed by atoms with Gasteiger partial charge in [-0.05, 0) is 115 Å². The van der Waals surface area contributed by atoms with E-state index in [1.54, 1.807) is 0 Å². The summed E-state index contributed by atoms with van der Waals surface area (Å²) in [7, 11) is 0. The zero-order chi connectivity index (χ0) is 45.3. The minimum Gasteiger partial charge on any atom is -0.456 e. The molecule has 0 amide bonds. The van der Waals surface area contributed by atoms with Gasteiger partial charge in [-0.2, -0.15) is 0 Å². The van der Waals surface area contributed by atoms with Gasteiger partial charge < -0.3 is 8.83 Å². The van der Waals surface area contributed by atoms with Gasteiger partial charge in [0.2, 0.25) is 0 Å². The predicted molar refractivity (Wildman–Crippen MR) is 282 cm³/mol. The van der Waals surface area contributed by atoms with E-state index in [-0.39, 0.29) is 10.8 Å². The monoisotopic (exact) mass is 908 g/mol. The molecule has 4 aromatic heterocycles. The van der Waals surface area contributed by atoms with E-state index in [4.69, 9.17) is 8.83 Å². The summed E-state index contributed by atoms with van der Waals surface area (Å²) in [6.45, 7) is 9.68.